The third-order valence-corrected chi connectivity index (χ3v) is 9.49. The first-order valence-corrected chi connectivity index (χ1v) is 12.1. The molecule has 4 aliphatic rings. The van der Waals surface area contributed by atoms with Gasteiger partial charge in [0, 0.05) is 11.8 Å². The van der Waals surface area contributed by atoms with Crippen molar-refractivity contribution in [3.8, 4) is 6.07 Å². The number of hydrogen-bond donors (Lipinski definition) is 0. The van der Waals surface area contributed by atoms with Crippen LogP contribution in [0.3, 0.4) is 0 Å². The third-order valence-electron chi connectivity index (χ3n) is 8.87. The molecule has 0 aliphatic heterocycles. The average molecular weight is 469 g/mol. The molecule has 8 atom stereocenters. The molecule has 0 heterocycles. The number of alkyl halides is 1. The predicted octanol–water partition coefficient (Wildman–Crippen LogP) is 5.52. The quantitative estimate of drug-likeness (QED) is 0.304. The van der Waals surface area contributed by atoms with Crippen LogP contribution < -0.4 is 0 Å². The minimum absolute atomic E-state index is 0.0484. The number of hydrogen-bond acceptors (Lipinski definition) is 3. The van der Waals surface area contributed by atoms with Crippen molar-refractivity contribution >= 4 is 28.6 Å². The molecule has 0 bridgehead atoms. The van der Waals surface area contributed by atoms with E-state index in [2.05, 4.69) is 42.5 Å². The summed E-state index contributed by atoms with van der Waals surface area (Å²) in [4.78, 5) is 12.3. The molecule has 4 rings (SSSR count). The lowest BCUT2D eigenvalue weighted by Crippen LogP contribution is -2.59. The van der Waals surface area contributed by atoms with Crippen molar-refractivity contribution in [3.05, 3.63) is 0 Å². The van der Waals surface area contributed by atoms with Gasteiger partial charge in [-0.05, 0) is 80.0 Å². The molecule has 3 nitrogen and oxygen atoms in total. The van der Waals surface area contributed by atoms with Gasteiger partial charge in [0.1, 0.15) is 6.10 Å². The normalized spacial score (nSPS) is 50.1. The molecule has 0 amide bonds. The molecule has 0 radical (unpaired) electrons. The molecule has 4 saturated carbocycles. The average Bonchev–Trinajstić information content (AvgIpc) is 3.01. The van der Waals surface area contributed by atoms with E-state index in [1.807, 2.05) is 0 Å². The molecular weight excluding hydrogens is 437 g/mol. The Kier molecular flexibility index (Phi) is 5.08. The van der Waals surface area contributed by atoms with E-state index in [4.69, 9.17) is 4.74 Å². The number of carbonyl (C=O) groups excluding carboxylic acids is 1. The van der Waals surface area contributed by atoms with Crippen LogP contribution in [-0.2, 0) is 9.53 Å². The van der Waals surface area contributed by atoms with Crippen LogP contribution in [0.4, 0.5) is 0 Å². The van der Waals surface area contributed by atoms with E-state index in [1.54, 1.807) is 0 Å². The standard InChI is InChI=1S/C22H32INO2/c1-21-9-3-4-17(21)16-8-7-15-6-5-14(13-24)10-22(15,2)20(16)18(11-21)26-19(25)12-23/h14-18,20H,3-12H2,1-2H3/t14?,15?,16-,17-,18?,20-,21-,22-/m0/s1. The van der Waals surface area contributed by atoms with Crippen LogP contribution in [0.5, 0.6) is 0 Å². The molecule has 0 saturated heterocycles. The first-order chi connectivity index (χ1) is 12.4. The fourth-order valence-electron chi connectivity index (χ4n) is 7.88. The van der Waals surface area contributed by atoms with Gasteiger partial charge in [0.25, 0.3) is 0 Å². The Labute approximate surface area is 171 Å². The predicted molar refractivity (Wildman–Crippen MR) is 110 cm³/mol. The van der Waals surface area contributed by atoms with E-state index in [0.29, 0.717) is 27.6 Å². The van der Waals surface area contributed by atoms with E-state index in [-0.39, 0.29) is 23.4 Å². The Morgan fingerprint density at radius 1 is 1.19 bits per heavy atom. The van der Waals surface area contributed by atoms with E-state index in [9.17, 15) is 10.1 Å². The maximum atomic E-state index is 12.3. The third kappa shape index (κ3) is 2.91. The Morgan fingerprint density at radius 3 is 2.69 bits per heavy atom. The highest BCUT2D eigenvalue weighted by atomic mass is 127. The van der Waals surface area contributed by atoms with Crippen LogP contribution >= 0.6 is 22.6 Å². The van der Waals surface area contributed by atoms with Crippen molar-refractivity contribution in [2.75, 3.05) is 4.43 Å². The van der Waals surface area contributed by atoms with Crippen molar-refractivity contribution in [2.24, 2.45) is 40.4 Å². The van der Waals surface area contributed by atoms with Gasteiger partial charge in [0.15, 0.2) is 0 Å². The molecule has 26 heavy (non-hydrogen) atoms. The maximum absolute atomic E-state index is 12.3. The lowest BCUT2D eigenvalue weighted by Gasteiger charge is -2.62. The minimum Gasteiger partial charge on any atom is -0.461 e. The summed E-state index contributed by atoms with van der Waals surface area (Å²) in [6.45, 7) is 4.90. The second-order valence-corrected chi connectivity index (χ2v) is 10.9. The van der Waals surface area contributed by atoms with Crippen molar-refractivity contribution < 1.29 is 9.53 Å². The van der Waals surface area contributed by atoms with E-state index >= 15 is 0 Å². The highest BCUT2D eigenvalue weighted by Crippen LogP contribution is 2.67. The summed E-state index contributed by atoms with van der Waals surface area (Å²) in [5.74, 6) is 2.78. The summed E-state index contributed by atoms with van der Waals surface area (Å²) < 4.78 is 6.57. The summed E-state index contributed by atoms with van der Waals surface area (Å²) in [6.07, 6.45) is 11.0. The zero-order valence-electron chi connectivity index (χ0n) is 16.2. The first kappa shape index (κ1) is 19.0. The van der Waals surface area contributed by atoms with Gasteiger partial charge in [-0.2, -0.15) is 5.26 Å². The van der Waals surface area contributed by atoms with Crippen LogP contribution in [0.2, 0.25) is 0 Å². The van der Waals surface area contributed by atoms with Crippen molar-refractivity contribution in [1.82, 2.24) is 0 Å². The lowest BCUT2D eigenvalue weighted by molar-refractivity contribution is -0.190. The highest BCUT2D eigenvalue weighted by Gasteiger charge is 2.62. The number of carbonyl (C=O) groups is 1. The Morgan fingerprint density at radius 2 is 1.96 bits per heavy atom. The number of ether oxygens (including phenoxy) is 1. The summed E-state index contributed by atoms with van der Waals surface area (Å²) in [5.41, 5.74) is 0.519. The molecule has 0 N–H and O–H groups in total. The Hall–Kier alpha value is -0.310. The Balaban J connectivity index is 1.71. The molecule has 4 heteroatoms. The monoisotopic (exact) mass is 469 g/mol. The summed E-state index contributed by atoms with van der Waals surface area (Å²) in [6, 6.07) is 2.57. The van der Waals surface area contributed by atoms with Gasteiger partial charge in [0.05, 0.1) is 10.5 Å². The Bertz CT molecular complexity index is 616. The summed E-state index contributed by atoms with van der Waals surface area (Å²) >= 11 is 2.12. The van der Waals surface area contributed by atoms with Gasteiger partial charge in [-0.15, -0.1) is 0 Å². The van der Waals surface area contributed by atoms with Gasteiger partial charge in [0.2, 0.25) is 0 Å². The second kappa shape index (κ2) is 6.94. The zero-order chi connectivity index (χ0) is 18.5. The molecule has 4 fully saturated rings. The summed E-state index contributed by atoms with van der Waals surface area (Å²) in [7, 11) is 0. The number of fused-ring (bicyclic) bond motifs is 5. The van der Waals surface area contributed by atoms with Gasteiger partial charge in [-0.25, -0.2) is 0 Å². The van der Waals surface area contributed by atoms with E-state index in [0.717, 1.165) is 25.2 Å². The first-order valence-electron chi connectivity index (χ1n) is 10.6. The molecule has 144 valence electrons. The van der Waals surface area contributed by atoms with E-state index < -0.39 is 0 Å². The molecule has 0 aromatic rings. The smallest absolute Gasteiger partial charge is 0.316 e. The molecule has 3 unspecified atom stereocenters. The largest absolute Gasteiger partial charge is 0.461 e. The van der Waals surface area contributed by atoms with Crippen LogP contribution in [0, 0.1) is 51.8 Å². The van der Waals surface area contributed by atoms with Gasteiger partial charge >= 0.3 is 5.97 Å². The highest BCUT2D eigenvalue weighted by molar-refractivity contribution is 14.1. The molecule has 0 aromatic carbocycles. The molecular formula is C22H32INO2. The van der Waals surface area contributed by atoms with E-state index in [1.165, 1.54) is 38.5 Å². The van der Waals surface area contributed by atoms with Gasteiger partial charge in [-0.3, -0.25) is 4.79 Å². The minimum atomic E-state index is -0.0484. The van der Waals surface area contributed by atoms with Crippen molar-refractivity contribution in [1.29, 1.82) is 5.26 Å². The zero-order valence-corrected chi connectivity index (χ0v) is 18.3. The van der Waals surface area contributed by atoms with Crippen molar-refractivity contribution in [2.45, 2.75) is 77.7 Å². The van der Waals surface area contributed by atoms with Crippen LogP contribution in [0.15, 0.2) is 0 Å². The lowest BCUT2D eigenvalue weighted by atomic mass is 9.44. The molecule has 0 spiro atoms. The molecule has 4 aliphatic carbocycles. The maximum Gasteiger partial charge on any atom is 0.316 e. The molecule has 0 aromatic heterocycles. The number of esters is 1. The van der Waals surface area contributed by atoms with Gasteiger partial charge < -0.3 is 4.74 Å². The number of nitriles is 1. The van der Waals surface area contributed by atoms with Crippen LogP contribution in [-0.4, -0.2) is 16.5 Å². The van der Waals surface area contributed by atoms with Crippen LogP contribution in [0.1, 0.15) is 71.6 Å². The second-order valence-electron chi connectivity index (χ2n) is 10.1. The fraction of sp³-hybridized carbons (Fsp3) is 0.909. The fourth-order valence-corrected chi connectivity index (χ4v) is 8.06. The number of nitrogens with zero attached hydrogens (tertiary/aromatic N) is 1. The van der Waals surface area contributed by atoms with Crippen LogP contribution in [0.25, 0.3) is 0 Å². The topological polar surface area (TPSA) is 50.1 Å². The number of halogens is 1. The SMILES string of the molecule is C[C@@]12CCC[C@H]1[C@@H]1CCC3CCC(C#N)C[C@]3(C)[C@@H]1C(OC(=O)CI)C2. The van der Waals surface area contributed by atoms with Crippen molar-refractivity contribution in [3.63, 3.8) is 0 Å². The number of rotatable bonds is 2. The summed E-state index contributed by atoms with van der Waals surface area (Å²) in [5, 5.41) is 9.60. The van der Waals surface area contributed by atoms with Gasteiger partial charge in [-0.1, -0.05) is 42.9 Å².